The highest BCUT2D eigenvalue weighted by atomic mass is 127. The molecule has 2 nitrogen and oxygen atoms in total. The Bertz CT molecular complexity index is 341. The first-order chi connectivity index (χ1) is 8.36. The van der Waals surface area contributed by atoms with Gasteiger partial charge >= 0.3 is 0 Å². The van der Waals surface area contributed by atoms with E-state index in [4.69, 9.17) is 0 Å². The summed E-state index contributed by atoms with van der Waals surface area (Å²) in [6.45, 7) is 2.30. The molecule has 1 aliphatic carbocycles. The second kappa shape index (κ2) is 9.59. The molecular formula is C13H18FIN2. The lowest BCUT2D eigenvalue weighted by atomic mass is 10.1. The zero-order valence-electron chi connectivity index (χ0n) is 9.81. The summed E-state index contributed by atoms with van der Waals surface area (Å²) in [5, 5.41) is 3.31. The Labute approximate surface area is 116 Å². The molecule has 4 heteroatoms. The highest BCUT2D eigenvalue weighted by molar-refractivity contribution is 14.1. The van der Waals surface area contributed by atoms with Gasteiger partial charge in [0, 0.05) is 36.0 Å². The van der Waals surface area contributed by atoms with Crippen molar-refractivity contribution in [2.75, 3.05) is 26.3 Å². The van der Waals surface area contributed by atoms with Crippen LogP contribution in [-0.2, 0) is 0 Å². The van der Waals surface area contributed by atoms with Gasteiger partial charge in [0.05, 0.1) is 6.67 Å². The molecule has 0 aromatic rings. The van der Waals surface area contributed by atoms with Crippen molar-refractivity contribution in [1.82, 2.24) is 8.85 Å². The van der Waals surface area contributed by atoms with Gasteiger partial charge in [-0.05, 0) is 48.8 Å². The first-order valence-electron chi connectivity index (χ1n) is 5.79. The van der Waals surface area contributed by atoms with Crippen LogP contribution in [0.3, 0.4) is 0 Å². The minimum atomic E-state index is -0.221. The van der Waals surface area contributed by atoms with Crippen molar-refractivity contribution < 1.29 is 4.39 Å². The largest absolute Gasteiger partial charge is 0.313 e. The number of halogens is 2. The summed E-state index contributed by atoms with van der Waals surface area (Å²) in [6, 6.07) is 0. The molecule has 1 aliphatic rings. The summed E-state index contributed by atoms with van der Waals surface area (Å²) in [6.07, 6.45) is 9.66. The van der Waals surface area contributed by atoms with Crippen molar-refractivity contribution in [1.29, 1.82) is 0 Å². The normalized spacial score (nSPS) is 14.5. The van der Waals surface area contributed by atoms with Crippen LogP contribution in [0.2, 0.25) is 0 Å². The Kier molecular flexibility index (Phi) is 8.26. The monoisotopic (exact) mass is 348 g/mol. The van der Waals surface area contributed by atoms with E-state index in [0.29, 0.717) is 6.42 Å². The maximum atomic E-state index is 11.9. The number of hydrogen-bond acceptors (Lipinski definition) is 2. The third-order valence-electron chi connectivity index (χ3n) is 2.37. The van der Waals surface area contributed by atoms with E-state index in [1.165, 1.54) is 11.1 Å². The molecule has 0 unspecified atom stereocenters. The molecule has 94 valence electrons. The van der Waals surface area contributed by atoms with Crippen LogP contribution in [0.5, 0.6) is 0 Å². The molecule has 0 aromatic heterocycles. The van der Waals surface area contributed by atoms with Crippen LogP contribution in [-0.4, -0.2) is 26.3 Å². The summed E-state index contributed by atoms with van der Waals surface area (Å²) >= 11 is 2.14. The number of hydrogen-bond donors (Lipinski definition) is 2. The Morgan fingerprint density at radius 3 is 2.88 bits per heavy atom. The zero-order valence-corrected chi connectivity index (χ0v) is 12.0. The summed E-state index contributed by atoms with van der Waals surface area (Å²) in [4.78, 5) is 0. The highest BCUT2D eigenvalue weighted by Crippen LogP contribution is 2.07. The quantitative estimate of drug-likeness (QED) is 0.305. The summed E-state index contributed by atoms with van der Waals surface area (Å²) < 4.78 is 15.0. The fourth-order valence-corrected chi connectivity index (χ4v) is 1.94. The van der Waals surface area contributed by atoms with Crippen LogP contribution in [0, 0.1) is 0 Å². The van der Waals surface area contributed by atoms with Gasteiger partial charge in [-0.25, -0.2) is 0 Å². The Morgan fingerprint density at radius 2 is 2.12 bits per heavy atom. The lowest BCUT2D eigenvalue weighted by molar-refractivity contribution is 0.457. The van der Waals surface area contributed by atoms with Crippen molar-refractivity contribution >= 4 is 22.9 Å². The molecular weight excluding hydrogens is 330 g/mol. The minimum Gasteiger partial charge on any atom is -0.313 e. The van der Waals surface area contributed by atoms with Gasteiger partial charge < -0.3 is 5.32 Å². The molecule has 0 saturated carbocycles. The molecule has 0 saturated heterocycles. The van der Waals surface area contributed by atoms with Gasteiger partial charge in [0.25, 0.3) is 0 Å². The lowest BCUT2D eigenvalue weighted by Gasteiger charge is -2.05. The molecule has 0 bridgehead atoms. The first-order valence-corrected chi connectivity index (χ1v) is 6.87. The van der Waals surface area contributed by atoms with Crippen molar-refractivity contribution in [3.05, 3.63) is 41.2 Å². The molecule has 0 atom stereocenters. The average Bonchev–Trinajstić information content (AvgIpc) is 2.55. The molecule has 1 rings (SSSR count). The molecule has 17 heavy (non-hydrogen) atoms. The number of unbranched alkanes of at least 4 members (excludes halogenated alkanes) is 1. The molecule has 0 amide bonds. The Hall–Kier alpha value is -0.420. The lowest BCUT2D eigenvalue weighted by Crippen LogP contribution is -2.18. The first kappa shape index (κ1) is 14.6. The van der Waals surface area contributed by atoms with E-state index in [1.807, 2.05) is 12.2 Å². The smallest absolute Gasteiger partial charge is 0.0894 e. The molecule has 0 fully saturated rings. The van der Waals surface area contributed by atoms with Crippen LogP contribution in [0.15, 0.2) is 41.2 Å². The van der Waals surface area contributed by atoms with E-state index in [9.17, 15) is 4.39 Å². The van der Waals surface area contributed by atoms with Crippen molar-refractivity contribution in [3.63, 3.8) is 0 Å². The third kappa shape index (κ3) is 6.78. The maximum Gasteiger partial charge on any atom is 0.0894 e. The van der Waals surface area contributed by atoms with Crippen molar-refractivity contribution in [3.8, 4) is 0 Å². The van der Waals surface area contributed by atoms with Crippen LogP contribution in [0.4, 0.5) is 4.39 Å². The number of allylic oxidation sites excluding steroid dienone is 1. The van der Waals surface area contributed by atoms with Gasteiger partial charge in [-0.1, -0.05) is 6.08 Å². The molecule has 0 heterocycles. The molecule has 2 N–H and O–H groups in total. The van der Waals surface area contributed by atoms with Crippen LogP contribution < -0.4 is 8.85 Å². The second-order valence-electron chi connectivity index (χ2n) is 3.82. The number of rotatable bonds is 8. The van der Waals surface area contributed by atoms with Gasteiger partial charge in [-0.15, -0.1) is 5.73 Å². The van der Waals surface area contributed by atoms with E-state index in [2.05, 4.69) is 49.6 Å². The Morgan fingerprint density at radius 1 is 1.24 bits per heavy atom. The van der Waals surface area contributed by atoms with E-state index < -0.39 is 0 Å². The maximum absolute atomic E-state index is 11.9. The molecule has 0 radical (unpaired) electrons. The summed E-state index contributed by atoms with van der Waals surface area (Å²) in [5.41, 5.74) is 5.56. The SMILES string of the molecule is FCCCCNCC1=CC(CNI)=CC=C=C1. The molecule has 0 aromatic carbocycles. The predicted molar refractivity (Wildman–Crippen MR) is 78.9 cm³/mol. The van der Waals surface area contributed by atoms with E-state index in [1.54, 1.807) is 0 Å². The van der Waals surface area contributed by atoms with E-state index in [0.717, 1.165) is 26.1 Å². The van der Waals surface area contributed by atoms with Gasteiger partial charge in [0.2, 0.25) is 0 Å². The standard InChI is InChI=1S/C13H18FIN2/c14-7-3-4-8-16-10-12-5-1-2-6-13(9-12)11-17-15/h2,5-6,9,16-17H,3-4,7-8,10-11H2. The van der Waals surface area contributed by atoms with Crippen molar-refractivity contribution in [2.45, 2.75) is 12.8 Å². The summed E-state index contributed by atoms with van der Waals surface area (Å²) in [5.74, 6) is 0. The number of nitrogens with one attached hydrogen (secondary N) is 2. The predicted octanol–water partition coefficient (Wildman–Crippen LogP) is 2.84. The van der Waals surface area contributed by atoms with Gasteiger partial charge in [-0.3, -0.25) is 7.92 Å². The van der Waals surface area contributed by atoms with Gasteiger partial charge in [-0.2, -0.15) is 0 Å². The molecule has 0 spiro atoms. The van der Waals surface area contributed by atoms with E-state index >= 15 is 0 Å². The summed E-state index contributed by atoms with van der Waals surface area (Å²) in [7, 11) is 0. The van der Waals surface area contributed by atoms with E-state index in [-0.39, 0.29) is 6.67 Å². The molecule has 0 aliphatic heterocycles. The fourth-order valence-electron chi connectivity index (χ4n) is 1.50. The highest BCUT2D eigenvalue weighted by Gasteiger charge is 1.98. The van der Waals surface area contributed by atoms with Crippen molar-refractivity contribution in [2.24, 2.45) is 0 Å². The van der Waals surface area contributed by atoms with Crippen LogP contribution in [0.1, 0.15) is 12.8 Å². The van der Waals surface area contributed by atoms with Gasteiger partial charge in [0.1, 0.15) is 0 Å². The topological polar surface area (TPSA) is 24.1 Å². The minimum absolute atomic E-state index is 0.221. The number of alkyl halides is 1. The zero-order chi connectivity index (χ0) is 12.3. The van der Waals surface area contributed by atoms with Gasteiger partial charge in [0.15, 0.2) is 0 Å². The van der Waals surface area contributed by atoms with Crippen LogP contribution >= 0.6 is 22.9 Å². The third-order valence-corrected chi connectivity index (χ3v) is 2.75. The Balaban J connectivity index is 2.36. The average molecular weight is 348 g/mol. The fraction of sp³-hybridized carbons (Fsp3) is 0.462. The second-order valence-corrected chi connectivity index (χ2v) is 4.58. The van der Waals surface area contributed by atoms with Crippen LogP contribution in [0.25, 0.3) is 0 Å².